The molecule has 0 radical (unpaired) electrons. The van der Waals surface area contributed by atoms with Crippen LogP contribution < -0.4 is 5.32 Å². The van der Waals surface area contributed by atoms with Crippen LogP contribution in [0.25, 0.3) is 5.82 Å². The van der Waals surface area contributed by atoms with E-state index >= 15 is 0 Å². The van der Waals surface area contributed by atoms with Crippen LogP contribution in [0.1, 0.15) is 35.0 Å². The standard InChI is InChI=1S/C19H19ClN4/c1-13-21-8-9-24(13)19-7-2-14(12-23-19)11-22-18-6-3-15-10-16(20)4-5-17(15)18/h2,4-5,7-10,12,18,22H,3,6,11H2,1H3/t18-/m1/s1. The Hall–Kier alpha value is -2.17. The third kappa shape index (κ3) is 2.95. The second kappa shape index (κ2) is 6.38. The van der Waals surface area contributed by atoms with Crippen LogP contribution in [0.4, 0.5) is 0 Å². The van der Waals surface area contributed by atoms with E-state index in [1.54, 1.807) is 6.20 Å². The zero-order chi connectivity index (χ0) is 16.5. The number of benzene rings is 1. The molecule has 3 aromatic rings. The number of nitrogens with one attached hydrogen (secondary N) is 1. The van der Waals surface area contributed by atoms with Gasteiger partial charge < -0.3 is 5.32 Å². The van der Waals surface area contributed by atoms with Crippen molar-refractivity contribution in [2.45, 2.75) is 32.4 Å². The number of fused-ring (bicyclic) bond motifs is 1. The van der Waals surface area contributed by atoms with Crippen LogP contribution in [0.2, 0.25) is 5.02 Å². The van der Waals surface area contributed by atoms with Gasteiger partial charge in [-0.2, -0.15) is 0 Å². The molecule has 0 aliphatic heterocycles. The van der Waals surface area contributed by atoms with Crippen molar-refractivity contribution < 1.29 is 0 Å². The lowest BCUT2D eigenvalue weighted by Crippen LogP contribution is -2.18. The molecule has 4 nitrogen and oxygen atoms in total. The SMILES string of the molecule is Cc1nccn1-c1ccc(CN[C@@H]2CCc3cc(Cl)ccc32)cn1. The fourth-order valence-electron chi connectivity index (χ4n) is 3.32. The highest BCUT2D eigenvalue weighted by atomic mass is 35.5. The highest BCUT2D eigenvalue weighted by Crippen LogP contribution is 2.33. The summed E-state index contributed by atoms with van der Waals surface area (Å²) in [5, 5.41) is 4.46. The van der Waals surface area contributed by atoms with E-state index in [1.807, 2.05) is 36.0 Å². The van der Waals surface area contributed by atoms with Gasteiger partial charge in [-0.1, -0.05) is 23.7 Å². The van der Waals surface area contributed by atoms with Crippen LogP contribution in [-0.4, -0.2) is 14.5 Å². The average Bonchev–Trinajstić information content (AvgIpc) is 3.19. The Morgan fingerprint density at radius 1 is 1.25 bits per heavy atom. The summed E-state index contributed by atoms with van der Waals surface area (Å²) in [6.07, 6.45) is 7.85. The number of imidazole rings is 1. The molecule has 0 bridgehead atoms. The largest absolute Gasteiger partial charge is 0.306 e. The molecule has 4 rings (SSSR count). The van der Waals surface area contributed by atoms with Crippen molar-refractivity contribution in [1.82, 2.24) is 19.9 Å². The van der Waals surface area contributed by atoms with Crippen molar-refractivity contribution in [3.63, 3.8) is 0 Å². The van der Waals surface area contributed by atoms with Gasteiger partial charge in [0, 0.05) is 36.2 Å². The van der Waals surface area contributed by atoms with Crippen molar-refractivity contribution in [3.8, 4) is 5.82 Å². The van der Waals surface area contributed by atoms with Gasteiger partial charge in [0.25, 0.3) is 0 Å². The van der Waals surface area contributed by atoms with E-state index in [1.165, 1.54) is 16.7 Å². The first kappa shape index (κ1) is 15.4. The summed E-state index contributed by atoms with van der Waals surface area (Å²) in [7, 11) is 0. The predicted octanol–water partition coefficient (Wildman–Crippen LogP) is 4.01. The van der Waals surface area contributed by atoms with E-state index in [2.05, 4.69) is 33.5 Å². The van der Waals surface area contributed by atoms with Gasteiger partial charge >= 0.3 is 0 Å². The number of hydrogen-bond donors (Lipinski definition) is 1. The van der Waals surface area contributed by atoms with Gasteiger partial charge in [-0.15, -0.1) is 0 Å². The van der Waals surface area contributed by atoms with Crippen molar-refractivity contribution in [2.75, 3.05) is 0 Å². The molecule has 24 heavy (non-hydrogen) atoms. The molecule has 0 saturated heterocycles. The maximum atomic E-state index is 6.08. The lowest BCUT2D eigenvalue weighted by molar-refractivity contribution is 0.529. The van der Waals surface area contributed by atoms with E-state index in [9.17, 15) is 0 Å². The molecule has 0 unspecified atom stereocenters. The van der Waals surface area contributed by atoms with Gasteiger partial charge in [0.1, 0.15) is 11.6 Å². The summed E-state index contributed by atoms with van der Waals surface area (Å²) in [4.78, 5) is 8.78. The third-order valence-corrected chi connectivity index (χ3v) is 4.85. The molecular formula is C19H19ClN4. The lowest BCUT2D eigenvalue weighted by atomic mass is 10.1. The summed E-state index contributed by atoms with van der Waals surface area (Å²) in [5.41, 5.74) is 3.92. The van der Waals surface area contributed by atoms with Gasteiger partial charge in [-0.25, -0.2) is 9.97 Å². The Morgan fingerprint density at radius 3 is 2.92 bits per heavy atom. The van der Waals surface area contributed by atoms with E-state index in [0.717, 1.165) is 36.1 Å². The first-order valence-electron chi connectivity index (χ1n) is 8.17. The summed E-state index contributed by atoms with van der Waals surface area (Å²) < 4.78 is 1.98. The van der Waals surface area contributed by atoms with Gasteiger partial charge in [0.15, 0.2) is 0 Å². The molecule has 0 fully saturated rings. The van der Waals surface area contributed by atoms with E-state index in [0.29, 0.717) is 6.04 Å². The average molecular weight is 339 g/mol. The molecular weight excluding hydrogens is 320 g/mol. The fraction of sp³-hybridized carbons (Fsp3) is 0.263. The second-order valence-corrected chi connectivity index (χ2v) is 6.62. The van der Waals surface area contributed by atoms with Crippen LogP contribution in [0.3, 0.4) is 0 Å². The van der Waals surface area contributed by atoms with E-state index in [4.69, 9.17) is 11.6 Å². The Kier molecular flexibility index (Phi) is 4.08. The van der Waals surface area contributed by atoms with Crippen LogP contribution in [0.15, 0.2) is 48.9 Å². The quantitative estimate of drug-likeness (QED) is 0.781. The Labute approximate surface area is 146 Å². The topological polar surface area (TPSA) is 42.7 Å². The highest BCUT2D eigenvalue weighted by molar-refractivity contribution is 6.30. The Bertz CT molecular complexity index is 854. The number of aryl methyl sites for hydroxylation is 2. The molecule has 2 aromatic heterocycles. The van der Waals surface area contributed by atoms with Crippen molar-refractivity contribution in [3.05, 3.63) is 76.5 Å². The molecule has 1 aliphatic rings. The first-order valence-corrected chi connectivity index (χ1v) is 8.55. The minimum absolute atomic E-state index is 0.396. The summed E-state index contributed by atoms with van der Waals surface area (Å²) in [6.45, 7) is 2.78. The molecule has 0 spiro atoms. The van der Waals surface area contributed by atoms with Crippen LogP contribution >= 0.6 is 11.6 Å². The summed E-state index contributed by atoms with van der Waals surface area (Å²) in [6, 6.07) is 10.8. The number of pyridine rings is 1. The monoisotopic (exact) mass is 338 g/mol. The summed E-state index contributed by atoms with van der Waals surface area (Å²) >= 11 is 6.08. The maximum absolute atomic E-state index is 6.08. The molecule has 5 heteroatoms. The van der Waals surface area contributed by atoms with Crippen LogP contribution in [0.5, 0.6) is 0 Å². The van der Waals surface area contributed by atoms with E-state index in [-0.39, 0.29) is 0 Å². The molecule has 1 N–H and O–H groups in total. The molecule has 0 saturated carbocycles. The number of nitrogens with zero attached hydrogens (tertiary/aromatic N) is 3. The molecule has 1 atom stereocenters. The van der Waals surface area contributed by atoms with E-state index < -0.39 is 0 Å². The number of aromatic nitrogens is 3. The smallest absolute Gasteiger partial charge is 0.137 e. The maximum Gasteiger partial charge on any atom is 0.137 e. The minimum Gasteiger partial charge on any atom is -0.306 e. The van der Waals surface area contributed by atoms with Gasteiger partial charge in [0.2, 0.25) is 0 Å². The first-order chi connectivity index (χ1) is 11.7. The number of hydrogen-bond acceptors (Lipinski definition) is 3. The number of rotatable bonds is 4. The molecule has 2 heterocycles. The van der Waals surface area contributed by atoms with Gasteiger partial charge in [0.05, 0.1) is 0 Å². The number of halogens is 1. The zero-order valence-electron chi connectivity index (χ0n) is 13.5. The molecule has 122 valence electrons. The molecule has 0 amide bonds. The zero-order valence-corrected chi connectivity index (χ0v) is 14.3. The normalized spacial score (nSPS) is 16.3. The predicted molar refractivity (Wildman–Crippen MR) is 95.4 cm³/mol. The minimum atomic E-state index is 0.396. The van der Waals surface area contributed by atoms with Gasteiger partial charge in [-0.3, -0.25) is 4.57 Å². The molecule has 1 aromatic carbocycles. The third-order valence-electron chi connectivity index (χ3n) is 4.62. The molecule has 1 aliphatic carbocycles. The van der Waals surface area contributed by atoms with Crippen molar-refractivity contribution in [2.24, 2.45) is 0 Å². The Balaban J connectivity index is 1.43. The second-order valence-electron chi connectivity index (χ2n) is 6.18. The fourth-order valence-corrected chi connectivity index (χ4v) is 3.52. The lowest BCUT2D eigenvalue weighted by Gasteiger charge is -2.14. The van der Waals surface area contributed by atoms with Crippen LogP contribution in [0, 0.1) is 6.92 Å². The van der Waals surface area contributed by atoms with Crippen molar-refractivity contribution >= 4 is 11.6 Å². The van der Waals surface area contributed by atoms with Crippen LogP contribution in [-0.2, 0) is 13.0 Å². The highest BCUT2D eigenvalue weighted by Gasteiger charge is 2.21. The van der Waals surface area contributed by atoms with Crippen molar-refractivity contribution in [1.29, 1.82) is 0 Å². The van der Waals surface area contributed by atoms with Gasteiger partial charge in [-0.05, 0) is 54.7 Å². The Morgan fingerprint density at radius 2 is 2.17 bits per heavy atom. The summed E-state index contributed by atoms with van der Waals surface area (Å²) in [5.74, 6) is 1.84.